The van der Waals surface area contributed by atoms with Gasteiger partial charge in [0, 0.05) is 41.5 Å². The highest BCUT2D eigenvalue weighted by Gasteiger charge is 2.40. The van der Waals surface area contributed by atoms with Crippen molar-refractivity contribution < 1.29 is 9.47 Å². The molecule has 28 heavy (non-hydrogen) atoms. The summed E-state index contributed by atoms with van der Waals surface area (Å²) in [4.78, 5) is 13.5. The van der Waals surface area contributed by atoms with Crippen LogP contribution in [0.25, 0.3) is 11.1 Å². The maximum absolute atomic E-state index is 6.18. The molecule has 144 valence electrons. The van der Waals surface area contributed by atoms with Gasteiger partial charge in [-0.25, -0.2) is 4.98 Å². The lowest BCUT2D eigenvalue weighted by molar-refractivity contribution is 0.285. The third-order valence-corrected chi connectivity index (χ3v) is 5.63. The minimum Gasteiger partial charge on any atom is -0.495 e. The van der Waals surface area contributed by atoms with Crippen LogP contribution in [-0.2, 0) is 13.0 Å². The van der Waals surface area contributed by atoms with E-state index in [1.807, 2.05) is 31.5 Å². The summed E-state index contributed by atoms with van der Waals surface area (Å²) in [6.07, 6.45) is 8.81. The number of hydrogen-bond acceptors (Lipinski definition) is 6. The lowest BCUT2D eigenvalue weighted by atomic mass is 10.1. The number of methoxy groups -OCH3 is 1. The highest BCUT2D eigenvalue weighted by Crippen LogP contribution is 2.47. The van der Waals surface area contributed by atoms with Gasteiger partial charge in [0.25, 0.3) is 0 Å². The van der Waals surface area contributed by atoms with E-state index in [1.54, 1.807) is 13.3 Å². The third kappa shape index (κ3) is 3.10. The SMILES string of the molecule is COc1ccc([C@H]2C[C@@H]2COc2nc(C)ncc2-c2cnn3c2CCC3)nc1. The van der Waals surface area contributed by atoms with Crippen LogP contribution >= 0.6 is 0 Å². The average Bonchev–Trinajstić information content (AvgIpc) is 3.14. The Morgan fingerprint density at radius 2 is 2.07 bits per heavy atom. The standard InChI is InChI=1S/C21H23N5O2/c1-13-22-10-18(17-11-24-26-7-3-4-20(17)26)21(25-13)28-12-14-8-16(14)19-6-5-15(27-2)9-23-19/h5-6,9-11,14,16H,3-4,7-8,12H2,1-2H3/t14-,16+/m1/s1. The lowest BCUT2D eigenvalue weighted by Crippen LogP contribution is -2.06. The fraction of sp³-hybridized carbons (Fsp3) is 0.429. The Labute approximate surface area is 163 Å². The number of pyridine rings is 1. The first kappa shape index (κ1) is 17.2. The average molecular weight is 377 g/mol. The van der Waals surface area contributed by atoms with Gasteiger partial charge in [0.05, 0.1) is 31.7 Å². The van der Waals surface area contributed by atoms with Gasteiger partial charge < -0.3 is 9.47 Å². The molecule has 7 nitrogen and oxygen atoms in total. The zero-order valence-electron chi connectivity index (χ0n) is 16.1. The van der Waals surface area contributed by atoms with E-state index in [4.69, 9.17) is 9.47 Å². The van der Waals surface area contributed by atoms with Gasteiger partial charge in [-0.3, -0.25) is 9.67 Å². The largest absolute Gasteiger partial charge is 0.495 e. The minimum atomic E-state index is 0.442. The molecule has 4 heterocycles. The summed E-state index contributed by atoms with van der Waals surface area (Å²) in [5, 5.41) is 4.50. The topological polar surface area (TPSA) is 75.0 Å². The van der Waals surface area contributed by atoms with Crippen LogP contribution in [0.2, 0.25) is 0 Å². The molecule has 0 bridgehead atoms. The molecule has 2 aliphatic rings. The summed E-state index contributed by atoms with van der Waals surface area (Å²) in [5.74, 6) is 3.06. The number of nitrogens with zero attached hydrogens (tertiary/aromatic N) is 5. The fourth-order valence-corrected chi connectivity index (χ4v) is 3.94. The predicted molar refractivity (Wildman–Crippen MR) is 103 cm³/mol. The number of aryl methyl sites for hydroxylation is 2. The Morgan fingerprint density at radius 3 is 2.89 bits per heavy atom. The molecule has 7 heteroatoms. The number of hydrogen-bond donors (Lipinski definition) is 0. The summed E-state index contributed by atoms with van der Waals surface area (Å²) < 4.78 is 13.4. The minimum absolute atomic E-state index is 0.442. The molecule has 1 fully saturated rings. The molecular formula is C21H23N5O2. The normalized spacial score (nSPS) is 20.1. The molecule has 5 rings (SSSR count). The molecule has 0 saturated heterocycles. The quantitative estimate of drug-likeness (QED) is 0.657. The molecule has 3 aromatic rings. The molecule has 1 saturated carbocycles. The maximum Gasteiger partial charge on any atom is 0.224 e. The van der Waals surface area contributed by atoms with E-state index in [-0.39, 0.29) is 0 Å². The Kier molecular flexibility index (Phi) is 4.22. The first-order valence-electron chi connectivity index (χ1n) is 9.74. The van der Waals surface area contributed by atoms with E-state index in [0.717, 1.165) is 48.4 Å². The van der Waals surface area contributed by atoms with Crippen LogP contribution in [0.15, 0.2) is 30.7 Å². The Hall–Kier alpha value is -2.96. The molecule has 1 aliphatic heterocycles. The molecule has 3 aromatic heterocycles. The summed E-state index contributed by atoms with van der Waals surface area (Å²) in [6.45, 7) is 3.50. The number of fused-ring (bicyclic) bond motifs is 1. The van der Waals surface area contributed by atoms with Crippen LogP contribution in [0, 0.1) is 12.8 Å². The van der Waals surface area contributed by atoms with E-state index in [0.29, 0.717) is 30.1 Å². The molecule has 1 aliphatic carbocycles. The van der Waals surface area contributed by atoms with E-state index in [1.165, 1.54) is 5.69 Å². The highest BCUT2D eigenvalue weighted by atomic mass is 16.5. The molecule has 0 N–H and O–H groups in total. The van der Waals surface area contributed by atoms with Gasteiger partial charge in [0.2, 0.25) is 5.88 Å². The van der Waals surface area contributed by atoms with Crippen LogP contribution in [0.4, 0.5) is 0 Å². The van der Waals surface area contributed by atoms with Crippen LogP contribution in [0.1, 0.15) is 36.0 Å². The first-order chi connectivity index (χ1) is 13.7. The second-order valence-corrected chi connectivity index (χ2v) is 7.50. The number of rotatable bonds is 6. The molecule has 0 spiro atoms. The summed E-state index contributed by atoms with van der Waals surface area (Å²) >= 11 is 0. The van der Waals surface area contributed by atoms with Crippen LogP contribution < -0.4 is 9.47 Å². The van der Waals surface area contributed by atoms with Crippen molar-refractivity contribution in [2.75, 3.05) is 13.7 Å². The van der Waals surface area contributed by atoms with Gasteiger partial charge in [0.1, 0.15) is 11.6 Å². The van der Waals surface area contributed by atoms with Crippen molar-refractivity contribution >= 4 is 0 Å². The van der Waals surface area contributed by atoms with Crippen molar-refractivity contribution in [2.45, 2.75) is 38.6 Å². The van der Waals surface area contributed by atoms with Gasteiger partial charge in [-0.15, -0.1) is 0 Å². The van der Waals surface area contributed by atoms with Crippen molar-refractivity contribution in [2.24, 2.45) is 5.92 Å². The zero-order valence-corrected chi connectivity index (χ0v) is 16.1. The monoisotopic (exact) mass is 377 g/mol. The van der Waals surface area contributed by atoms with E-state index in [2.05, 4.69) is 24.7 Å². The van der Waals surface area contributed by atoms with Gasteiger partial charge in [-0.2, -0.15) is 10.1 Å². The zero-order chi connectivity index (χ0) is 19.1. The van der Waals surface area contributed by atoms with Crippen LogP contribution in [-0.4, -0.2) is 38.4 Å². The lowest BCUT2D eigenvalue weighted by Gasteiger charge is -2.11. The van der Waals surface area contributed by atoms with E-state index in [9.17, 15) is 0 Å². The Balaban J connectivity index is 1.31. The first-order valence-corrected chi connectivity index (χ1v) is 9.74. The predicted octanol–water partition coefficient (Wildman–Crippen LogP) is 3.18. The molecule has 0 aromatic carbocycles. The fourth-order valence-electron chi connectivity index (χ4n) is 3.94. The van der Waals surface area contributed by atoms with Crippen LogP contribution in [0.3, 0.4) is 0 Å². The summed E-state index contributed by atoms with van der Waals surface area (Å²) in [6, 6.07) is 4.00. The van der Waals surface area contributed by atoms with Gasteiger partial charge in [-0.05, 0) is 38.3 Å². The van der Waals surface area contributed by atoms with Crippen LogP contribution in [0.5, 0.6) is 11.6 Å². The summed E-state index contributed by atoms with van der Waals surface area (Å²) in [7, 11) is 1.65. The highest BCUT2D eigenvalue weighted by molar-refractivity contribution is 5.69. The van der Waals surface area contributed by atoms with Crippen molar-refractivity contribution in [3.63, 3.8) is 0 Å². The molecule has 0 unspecified atom stereocenters. The second-order valence-electron chi connectivity index (χ2n) is 7.50. The molecular weight excluding hydrogens is 354 g/mol. The van der Waals surface area contributed by atoms with Crippen molar-refractivity contribution in [3.8, 4) is 22.8 Å². The molecule has 0 radical (unpaired) electrons. The third-order valence-electron chi connectivity index (χ3n) is 5.63. The van der Waals surface area contributed by atoms with Crippen molar-refractivity contribution in [1.29, 1.82) is 0 Å². The molecule has 2 atom stereocenters. The van der Waals surface area contributed by atoms with Gasteiger partial charge in [0.15, 0.2) is 0 Å². The number of aromatic nitrogens is 5. The second kappa shape index (κ2) is 6.89. The van der Waals surface area contributed by atoms with Crippen molar-refractivity contribution in [3.05, 3.63) is 47.9 Å². The Morgan fingerprint density at radius 1 is 1.14 bits per heavy atom. The van der Waals surface area contributed by atoms with Gasteiger partial charge >= 0.3 is 0 Å². The van der Waals surface area contributed by atoms with E-state index < -0.39 is 0 Å². The number of ether oxygens (including phenoxy) is 2. The van der Waals surface area contributed by atoms with Crippen molar-refractivity contribution in [1.82, 2.24) is 24.7 Å². The maximum atomic E-state index is 6.18. The molecule has 0 amide bonds. The smallest absolute Gasteiger partial charge is 0.224 e. The Bertz CT molecular complexity index is 999. The summed E-state index contributed by atoms with van der Waals surface area (Å²) in [5.41, 5.74) is 4.39. The van der Waals surface area contributed by atoms with Gasteiger partial charge in [-0.1, -0.05) is 0 Å². The van der Waals surface area contributed by atoms with E-state index >= 15 is 0 Å².